The van der Waals surface area contributed by atoms with Crippen LogP contribution >= 0.6 is 24.0 Å². The predicted octanol–water partition coefficient (Wildman–Crippen LogP) is 3.73. The molecule has 0 spiro atoms. The van der Waals surface area contributed by atoms with Crippen LogP contribution in [0.2, 0.25) is 0 Å². The molecule has 1 fully saturated rings. The molecule has 136 valence electrons. The van der Waals surface area contributed by atoms with Crippen molar-refractivity contribution in [3.05, 3.63) is 35.9 Å². The highest BCUT2D eigenvalue weighted by atomic mass is 127. The number of ether oxygens (including phenoxy) is 1. The zero-order valence-corrected chi connectivity index (χ0v) is 17.5. The fourth-order valence-electron chi connectivity index (χ4n) is 2.42. The van der Waals surface area contributed by atoms with Crippen LogP contribution < -0.4 is 5.32 Å². The van der Waals surface area contributed by atoms with Gasteiger partial charge in [-0.05, 0) is 31.2 Å². The summed E-state index contributed by atoms with van der Waals surface area (Å²) in [5.74, 6) is 2.21. The molecule has 0 amide bonds. The Morgan fingerprint density at radius 2 is 2.04 bits per heavy atom. The highest BCUT2D eigenvalue weighted by Crippen LogP contribution is 2.28. The van der Waals surface area contributed by atoms with E-state index in [0.29, 0.717) is 5.92 Å². The van der Waals surface area contributed by atoms with Crippen molar-refractivity contribution in [2.75, 3.05) is 39.9 Å². The van der Waals surface area contributed by atoms with E-state index in [4.69, 9.17) is 9.73 Å². The van der Waals surface area contributed by atoms with E-state index in [-0.39, 0.29) is 24.0 Å². The van der Waals surface area contributed by atoms with Crippen LogP contribution in [0.3, 0.4) is 0 Å². The first-order chi connectivity index (χ1) is 11.2. The van der Waals surface area contributed by atoms with Gasteiger partial charge in [-0.25, -0.2) is 0 Å². The number of hydrogen-bond acceptors (Lipinski definition) is 2. The van der Waals surface area contributed by atoms with E-state index in [1.807, 2.05) is 0 Å². The fraction of sp³-hybridized carbons (Fsp3) is 0.632. The van der Waals surface area contributed by atoms with Crippen LogP contribution in [0.25, 0.3) is 0 Å². The third kappa shape index (κ3) is 7.83. The molecule has 1 aliphatic rings. The number of nitrogens with zero attached hydrogens (tertiary/aromatic N) is 2. The minimum absolute atomic E-state index is 0. The van der Waals surface area contributed by atoms with E-state index in [9.17, 15) is 0 Å². The van der Waals surface area contributed by atoms with E-state index >= 15 is 0 Å². The van der Waals surface area contributed by atoms with Gasteiger partial charge in [-0.2, -0.15) is 0 Å². The molecule has 1 aromatic carbocycles. The van der Waals surface area contributed by atoms with Gasteiger partial charge in [0, 0.05) is 39.2 Å². The molecule has 0 radical (unpaired) electrons. The fourth-order valence-corrected chi connectivity index (χ4v) is 2.42. The van der Waals surface area contributed by atoms with E-state index in [1.54, 1.807) is 0 Å². The summed E-state index contributed by atoms with van der Waals surface area (Å²) in [7, 11) is 2.08. The van der Waals surface area contributed by atoms with E-state index in [0.717, 1.165) is 44.7 Å². The molecule has 1 aliphatic carbocycles. The lowest BCUT2D eigenvalue weighted by Gasteiger charge is -2.22. The van der Waals surface area contributed by atoms with Gasteiger partial charge in [-0.15, -0.1) is 24.0 Å². The van der Waals surface area contributed by atoms with Gasteiger partial charge in [0.1, 0.15) is 0 Å². The molecule has 2 rings (SSSR count). The molecule has 1 aromatic rings. The van der Waals surface area contributed by atoms with Crippen LogP contribution in [0.15, 0.2) is 35.3 Å². The Labute approximate surface area is 164 Å². The summed E-state index contributed by atoms with van der Waals surface area (Å²) < 4.78 is 5.73. The molecule has 24 heavy (non-hydrogen) atoms. The van der Waals surface area contributed by atoms with Crippen molar-refractivity contribution in [3.63, 3.8) is 0 Å². The van der Waals surface area contributed by atoms with Crippen LogP contribution in [-0.2, 0) is 4.74 Å². The Morgan fingerprint density at radius 1 is 1.33 bits per heavy atom. The smallest absolute Gasteiger partial charge is 0.193 e. The molecule has 0 heterocycles. The van der Waals surface area contributed by atoms with Gasteiger partial charge >= 0.3 is 0 Å². The highest BCUT2D eigenvalue weighted by Gasteiger charge is 2.21. The van der Waals surface area contributed by atoms with Gasteiger partial charge in [-0.3, -0.25) is 4.99 Å². The molecule has 0 aromatic heterocycles. The molecular formula is C19H32IN3O. The third-order valence-corrected chi connectivity index (χ3v) is 4.20. The van der Waals surface area contributed by atoms with E-state index < -0.39 is 0 Å². The summed E-state index contributed by atoms with van der Waals surface area (Å²) in [6, 6.07) is 10.6. The Morgan fingerprint density at radius 3 is 2.67 bits per heavy atom. The Hall–Kier alpha value is -0.820. The number of benzene rings is 1. The molecule has 5 heteroatoms. The van der Waals surface area contributed by atoms with Gasteiger partial charge in [0.25, 0.3) is 0 Å². The quantitative estimate of drug-likeness (QED) is 0.273. The number of likely N-dealkylation sites (N-methyl/N-ethyl adjacent to an activating group) is 1. The summed E-state index contributed by atoms with van der Waals surface area (Å²) in [4.78, 5) is 6.95. The Kier molecular flexibility index (Phi) is 10.3. The normalized spacial score (nSPS) is 15.5. The number of aliphatic imine (C=N–C) groups is 1. The van der Waals surface area contributed by atoms with E-state index in [2.05, 4.69) is 61.4 Å². The molecular weight excluding hydrogens is 413 g/mol. The largest absolute Gasteiger partial charge is 0.379 e. The molecule has 1 unspecified atom stereocenters. The molecule has 0 bridgehead atoms. The summed E-state index contributed by atoms with van der Waals surface area (Å²) in [5.41, 5.74) is 1.34. The van der Waals surface area contributed by atoms with Crippen LogP contribution in [0.5, 0.6) is 0 Å². The molecule has 1 N–H and O–H groups in total. The maximum absolute atomic E-state index is 5.73. The van der Waals surface area contributed by atoms with Crippen molar-refractivity contribution in [3.8, 4) is 0 Å². The Bertz CT molecular complexity index is 477. The first kappa shape index (κ1) is 21.2. The monoisotopic (exact) mass is 445 g/mol. The summed E-state index contributed by atoms with van der Waals surface area (Å²) in [6.07, 6.45) is 2.69. The number of halogens is 1. The lowest BCUT2D eigenvalue weighted by molar-refractivity contribution is 0.115. The number of rotatable bonds is 9. The second-order valence-corrected chi connectivity index (χ2v) is 6.45. The first-order valence-electron chi connectivity index (χ1n) is 8.82. The minimum atomic E-state index is 0. The zero-order valence-electron chi connectivity index (χ0n) is 15.2. The lowest BCUT2D eigenvalue weighted by atomic mass is 10.0. The van der Waals surface area contributed by atoms with Crippen molar-refractivity contribution in [1.29, 1.82) is 0 Å². The number of nitrogens with one attached hydrogen (secondary N) is 1. The minimum Gasteiger partial charge on any atom is -0.379 e. The second-order valence-electron chi connectivity index (χ2n) is 6.45. The van der Waals surface area contributed by atoms with Gasteiger partial charge in [0.2, 0.25) is 0 Å². The van der Waals surface area contributed by atoms with Crippen LogP contribution in [0, 0.1) is 5.92 Å². The van der Waals surface area contributed by atoms with Crippen LogP contribution in [-0.4, -0.2) is 50.8 Å². The highest BCUT2D eigenvalue weighted by molar-refractivity contribution is 14.0. The maximum Gasteiger partial charge on any atom is 0.193 e. The van der Waals surface area contributed by atoms with Crippen molar-refractivity contribution < 1.29 is 4.74 Å². The zero-order chi connectivity index (χ0) is 16.5. The predicted molar refractivity (Wildman–Crippen MR) is 112 cm³/mol. The maximum atomic E-state index is 5.73. The second kappa shape index (κ2) is 11.7. The molecule has 1 saturated carbocycles. The number of guanidine groups is 1. The van der Waals surface area contributed by atoms with Gasteiger partial charge in [-0.1, -0.05) is 37.3 Å². The molecule has 0 saturated heterocycles. The summed E-state index contributed by atoms with van der Waals surface area (Å²) in [6.45, 7) is 8.57. The van der Waals surface area contributed by atoms with Crippen molar-refractivity contribution in [1.82, 2.24) is 10.2 Å². The lowest BCUT2D eigenvalue weighted by Crippen LogP contribution is -2.40. The van der Waals surface area contributed by atoms with Gasteiger partial charge in [0.05, 0.1) is 6.61 Å². The standard InChI is InChI=1S/C19H31N3O.HI/c1-4-20-19(22(3)12-13-23-15-17-10-11-17)21-14-16(2)18-8-6-5-7-9-18;/h5-9,16-17H,4,10-15H2,1-3H3,(H,20,21);1H. The van der Waals surface area contributed by atoms with Crippen molar-refractivity contribution >= 4 is 29.9 Å². The average molecular weight is 445 g/mol. The number of hydrogen-bond donors (Lipinski definition) is 1. The summed E-state index contributed by atoms with van der Waals surface area (Å²) in [5, 5.41) is 3.37. The first-order valence-corrected chi connectivity index (χ1v) is 8.82. The van der Waals surface area contributed by atoms with Crippen LogP contribution in [0.4, 0.5) is 0 Å². The molecule has 1 atom stereocenters. The third-order valence-electron chi connectivity index (χ3n) is 4.20. The van der Waals surface area contributed by atoms with Crippen LogP contribution in [0.1, 0.15) is 38.2 Å². The summed E-state index contributed by atoms with van der Waals surface area (Å²) >= 11 is 0. The average Bonchev–Trinajstić information content (AvgIpc) is 3.40. The van der Waals surface area contributed by atoms with Crippen molar-refractivity contribution in [2.45, 2.75) is 32.6 Å². The SMILES string of the molecule is CCNC(=NCC(C)c1ccccc1)N(C)CCOCC1CC1.I. The Balaban J connectivity index is 0.00000288. The molecule has 0 aliphatic heterocycles. The van der Waals surface area contributed by atoms with Gasteiger partial charge in [0.15, 0.2) is 5.96 Å². The molecule has 4 nitrogen and oxygen atoms in total. The van der Waals surface area contributed by atoms with Crippen molar-refractivity contribution in [2.24, 2.45) is 10.9 Å². The van der Waals surface area contributed by atoms with E-state index in [1.165, 1.54) is 18.4 Å². The topological polar surface area (TPSA) is 36.9 Å². The van der Waals surface area contributed by atoms with Gasteiger partial charge < -0.3 is 15.0 Å².